The smallest absolute Gasteiger partial charge is 0.326 e. The number of carboxylic acid groups (broad SMARTS) is 2. The number of amides is 3. The van der Waals surface area contributed by atoms with E-state index >= 15 is 0 Å². The Hall–Kier alpha value is -4.20. The number of hydrogen-bond donors (Lipinski definition) is 8. The molecule has 0 aromatic heterocycles. The lowest BCUT2D eigenvalue weighted by atomic mass is 10.0. The fourth-order valence-electron chi connectivity index (χ4n) is 3.47. The minimum atomic E-state index is -1.39. The molecular weight excluding hydrogens is 510 g/mol. The Morgan fingerprint density at radius 3 is 1.95 bits per heavy atom. The van der Waals surface area contributed by atoms with Gasteiger partial charge >= 0.3 is 11.9 Å². The van der Waals surface area contributed by atoms with E-state index in [2.05, 4.69) is 20.9 Å². The molecule has 0 heterocycles. The van der Waals surface area contributed by atoms with Crippen LogP contribution in [0.25, 0.3) is 0 Å². The Morgan fingerprint density at radius 2 is 1.41 bits per heavy atom. The van der Waals surface area contributed by atoms with Crippen LogP contribution in [0.2, 0.25) is 0 Å². The normalized spacial score (nSPS) is 13.8. The van der Waals surface area contributed by atoms with Gasteiger partial charge in [0.25, 0.3) is 0 Å². The van der Waals surface area contributed by atoms with Crippen molar-refractivity contribution in [2.45, 2.75) is 70.1 Å². The molecule has 0 fully saturated rings. The van der Waals surface area contributed by atoms with Crippen molar-refractivity contribution in [1.82, 2.24) is 16.0 Å². The Labute approximate surface area is 226 Å². The van der Waals surface area contributed by atoms with Gasteiger partial charge in [0.2, 0.25) is 17.7 Å². The maximum Gasteiger partial charge on any atom is 0.326 e. The summed E-state index contributed by atoms with van der Waals surface area (Å²) in [6, 6.07) is 4.06. The molecule has 0 bridgehead atoms. The number of nitrogens with one attached hydrogen (secondary N) is 3. The maximum atomic E-state index is 13.3. The summed E-state index contributed by atoms with van der Waals surface area (Å²) in [7, 11) is 0. The van der Waals surface area contributed by atoms with Crippen molar-refractivity contribution in [3.8, 4) is 0 Å². The van der Waals surface area contributed by atoms with Crippen LogP contribution >= 0.6 is 0 Å². The highest BCUT2D eigenvalue weighted by molar-refractivity contribution is 5.94. The zero-order valence-corrected chi connectivity index (χ0v) is 22.1. The Balaban J connectivity index is 3.09. The first-order valence-electron chi connectivity index (χ1n) is 12.5. The van der Waals surface area contributed by atoms with Crippen LogP contribution in [-0.4, -0.2) is 76.5 Å². The van der Waals surface area contributed by atoms with Crippen LogP contribution < -0.4 is 33.2 Å². The SMILES string of the molecule is CC(C)C(N)C(=O)NC(Cc1ccccc1)C(=O)NC(CCC(=O)O)C(=O)NC(CCCN=C(N)N)C(=O)O. The van der Waals surface area contributed by atoms with Gasteiger partial charge in [-0.1, -0.05) is 44.2 Å². The van der Waals surface area contributed by atoms with E-state index < -0.39 is 60.2 Å². The maximum absolute atomic E-state index is 13.3. The summed E-state index contributed by atoms with van der Waals surface area (Å²) in [5, 5.41) is 26.1. The molecule has 4 atom stereocenters. The lowest BCUT2D eigenvalue weighted by Crippen LogP contribution is -2.58. The zero-order valence-electron chi connectivity index (χ0n) is 22.1. The second kappa shape index (κ2) is 16.6. The minimum Gasteiger partial charge on any atom is -0.481 e. The van der Waals surface area contributed by atoms with Crippen LogP contribution in [0.4, 0.5) is 0 Å². The van der Waals surface area contributed by atoms with Crippen LogP contribution in [0.1, 0.15) is 45.1 Å². The van der Waals surface area contributed by atoms with Crippen LogP contribution in [0, 0.1) is 5.92 Å². The lowest BCUT2D eigenvalue weighted by Gasteiger charge is -2.25. The number of carboxylic acids is 2. The van der Waals surface area contributed by atoms with Gasteiger partial charge in [-0.3, -0.25) is 24.2 Å². The average Bonchev–Trinajstić information content (AvgIpc) is 2.87. The summed E-state index contributed by atoms with van der Waals surface area (Å²) in [5.41, 5.74) is 17.1. The number of aliphatic imine (C=N–C) groups is 1. The van der Waals surface area contributed by atoms with Crippen molar-refractivity contribution in [2.75, 3.05) is 6.54 Å². The van der Waals surface area contributed by atoms with Crippen LogP contribution in [-0.2, 0) is 30.4 Å². The molecule has 1 aromatic carbocycles. The van der Waals surface area contributed by atoms with Gasteiger partial charge in [0.15, 0.2) is 5.96 Å². The third kappa shape index (κ3) is 12.7. The van der Waals surface area contributed by atoms with E-state index in [0.29, 0.717) is 5.56 Å². The lowest BCUT2D eigenvalue weighted by molar-refractivity contribution is -0.143. The molecule has 0 radical (unpaired) electrons. The molecule has 1 aromatic rings. The van der Waals surface area contributed by atoms with Crippen molar-refractivity contribution >= 4 is 35.6 Å². The van der Waals surface area contributed by atoms with E-state index in [-0.39, 0.29) is 44.1 Å². The molecule has 0 saturated carbocycles. The Morgan fingerprint density at radius 1 is 0.846 bits per heavy atom. The molecule has 0 aliphatic rings. The van der Waals surface area contributed by atoms with E-state index in [1.54, 1.807) is 44.2 Å². The summed E-state index contributed by atoms with van der Waals surface area (Å²) in [6.07, 6.45) is -0.502. The predicted octanol–water partition coefficient (Wildman–Crippen LogP) is -1.33. The number of hydrogen-bond acceptors (Lipinski definition) is 7. The zero-order chi connectivity index (χ0) is 29.5. The van der Waals surface area contributed by atoms with E-state index in [1.165, 1.54) is 0 Å². The highest BCUT2D eigenvalue weighted by Gasteiger charge is 2.31. The van der Waals surface area contributed by atoms with E-state index in [9.17, 15) is 29.1 Å². The molecule has 0 aliphatic carbocycles. The number of aliphatic carboxylic acids is 2. The third-order valence-electron chi connectivity index (χ3n) is 5.78. The number of carbonyl (C=O) groups excluding carboxylic acids is 3. The highest BCUT2D eigenvalue weighted by atomic mass is 16.4. The molecular formula is C25H39N7O7. The third-order valence-corrected chi connectivity index (χ3v) is 5.78. The quantitative estimate of drug-likeness (QED) is 0.0645. The van der Waals surface area contributed by atoms with Gasteiger partial charge in [-0.15, -0.1) is 0 Å². The second-order valence-corrected chi connectivity index (χ2v) is 9.36. The van der Waals surface area contributed by atoms with E-state index in [1.807, 2.05) is 0 Å². The molecule has 11 N–H and O–H groups in total. The molecule has 14 nitrogen and oxygen atoms in total. The summed E-state index contributed by atoms with van der Waals surface area (Å²) in [4.78, 5) is 65.6. The highest BCUT2D eigenvalue weighted by Crippen LogP contribution is 2.08. The molecule has 39 heavy (non-hydrogen) atoms. The van der Waals surface area contributed by atoms with Crippen LogP contribution in [0.15, 0.2) is 35.3 Å². The largest absolute Gasteiger partial charge is 0.481 e. The second-order valence-electron chi connectivity index (χ2n) is 9.36. The van der Waals surface area contributed by atoms with Gasteiger partial charge in [-0.05, 0) is 30.7 Å². The number of benzene rings is 1. The number of carbonyl (C=O) groups is 5. The van der Waals surface area contributed by atoms with Gasteiger partial charge in [0, 0.05) is 19.4 Å². The molecule has 216 valence electrons. The standard InChI is InChI=1S/C25H39N7O7/c1-14(2)20(26)23(37)32-18(13-15-7-4-3-5-8-15)22(36)30-16(10-11-19(33)34)21(35)31-17(24(38)39)9-6-12-29-25(27)28/h3-5,7-8,14,16-18,20H,6,9-13,26H2,1-2H3,(H,30,36)(H,31,35)(H,32,37)(H,33,34)(H,38,39)(H4,27,28,29). The average molecular weight is 550 g/mol. The summed E-state index contributed by atoms with van der Waals surface area (Å²) in [6.45, 7) is 3.64. The van der Waals surface area contributed by atoms with Crippen molar-refractivity contribution in [3.05, 3.63) is 35.9 Å². The number of guanidine groups is 1. The molecule has 0 spiro atoms. The molecule has 1 rings (SSSR count). The van der Waals surface area contributed by atoms with Crippen LogP contribution in [0.5, 0.6) is 0 Å². The molecule has 0 saturated heterocycles. The monoisotopic (exact) mass is 549 g/mol. The molecule has 4 unspecified atom stereocenters. The first-order valence-corrected chi connectivity index (χ1v) is 12.5. The van der Waals surface area contributed by atoms with Gasteiger partial charge in [0.1, 0.15) is 18.1 Å². The van der Waals surface area contributed by atoms with E-state index in [4.69, 9.17) is 22.3 Å². The summed E-state index contributed by atoms with van der Waals surface area (Å²) < 4.78 is 0. The molecule has 3 amide bonds. The Kier molecular flexibility index (Phi) is 14.0. The molecule has 0 aliphatic heterocycles. The summed E-state index contributed by atoms with van der Waals surface area (Å²) >= 11 is 0. The van der Waals surface area contributed by atoms with Crippen LogP contribution in [0.3, 0.4) is 0 Å². The minimum absolute atomic E-state index is 0.0166. The van der Waals surface area contributed by atoms with E-state index in [0.717, 1.165) is 0 Å². The van der Waals surface area contributed by atoms with Gasteiger partial charge in [0.05, 0.1) is 6.04 Å². The fourth-order valence-corrected chi connectivity index (χ4v) is 3.47. The van der Waals surface area contributed by atoms with Crippen molar-refractivity contribution in [1.29, 1.82) is 0 Å². The number of nitrogens with two attached hydrogens (primary N) is 3. The van der Waals surface area contributed by atoms with Crippen molar-refractivity contribution in [2.24, 2.45) is 28.1 Å². The fraction of sp³-hybridized carbons (Fsp3) is 0.520. The molecule has 14 heteroatoms. The Bertz CT molecular complexity index is 1010. The van der Waals surface area contributed by atoms with Gasteiger partial charge in [-0.25, -0.2) is 4.79 Å². The van der Waals surface area contributed by atoms with Gasteiger partial charge in [-0.2, -0.15) is 0 Å². The summed E-state index contributed by atoms with van der Waals surface area (Å²) in [5.74, 6) is -5.12. The van der Waals surface area contributed by atoms with Gasteiger partial charge < -0.3 is 43.4 Å². The predicted molar refractivity (Wildman–Crippen MR) is 143 cm³/mol. The number of rotatable bonds is 17. The topological polar surface area (TPSA) is 252 Å². The first kappa shape index (κ1) is 32.8. The number of nitrogens with zero attached hydrogens (tertiary/aromatic N) is 1. The van der Waals surface area contributed by atoms with Crippen molar-refractivity contribution < 1.29 is 34.2 Å². The first-order chi connectivity index (χ1) is 18.3. The van der Waals surface area contributed by atoms with Crippen molar-refractivity contribution in [3.63, 3.8) is 0 Å².